The van der Waals surface area contributed by atoms with E-state index in [9.17, 15) is 18.0 Å². The van der Waals surface area contributed by atoms with Gasteiger partial charge in [0, 0.05) is 26.1 Å². The zero-order valence-corrected chi connectivity index (χ0v) is 17.5. The highest BCUT2D eigenvalue weighted by Crippen LogP contribution is 2.34. The van der Waals surface area contributed by atoms with Crippen molar-refractivity contribution in [3.05, 3.63) is 53.6 Å². The molecule has 2 aromatic rings. The van der Waals surface area contributed by atoms with E-state index in [0.29, 0.717) is 23.5 Å². The van der Waals surface area contributed by atoms with E-state index in [1.54, 1.807) is 20.0 Å². The van der Waals surface area contributed by atoms with Crippen molar-refractivity contribution in [3.8, 4) is 5.75 Å². The molecular formula is C21H24N2O5S. The standard InChI is InChI=1S/C21H24N2O5S/c1-14-9-17-18(28-13-20(24)22-17)11-19(14)29(26,27)15(2)10-21(25)23(3)12-16-7-5-4-6-8-16/h4-9,11,15H,10,12-13H2,1-3H3,(H,22,24). The third kappa shape index (κ3) is 4.59. The number of hydrogen-bond donors (Lipinski definition) is 1. The van der Waals surface area contributed by atoms with Crippen molar-refractivity contribution in [1.29, 1.82) is 0 Å². The minimum atomic E-state index is -3.76. The first-order chi connectivity index (χ1) is 13.7. The van der Waals surface area contributed by atoms with Gasteiger partial charge in [-0.2, -0.15) is 0 Å². The van der Waals surface area contributed by atoms with Crippen LogP contribution in [0, 0.1) is 6.92 Å². The Kier molecular flexibility index (Phi) is 5.93. The van der Waals surface area contributed by atoms with Crippen molar-refractivity contribution < 1.29 is 22.7 Å². The van der Waals surface area contributed by atoms with Gasteiger partial charge in [0.1, 0.15) is 5.75 Å². The first-order valence-corrected chi connectivity index (χ1v) is 10.8. The maximum absolute atomic E-state index is 13.1. The number of benzene rings is 2. The summed E-state index contributed by atoms with van der Waals surface area (Å²) in [5, 5.41) is 1.76. The Bertz CT molecular complexity index is 1030. The SMILES string of the molecule is Cc1cc2c(cc1S(=O)(=O)C(C)CC(=O)N(C)Cc1ccccc1)OCC(=O)N2. The van der Waals surface area contributed by atoms with Gasteiger partial charge in [-0.25, -0.2) is 8.42 Å². The third-order valence-corrected chi connectivity index (χ3v) is 7.18. The maximum atomic E-state index is 13.1. The number of hydrogen-bond acceptors (Lipinski definition) is 5. The smallest absolute Gasteiger partial charge is 0.262 e. The lowest BCUT2D eigenvalue weighted by Crippen LogP contribution is -2.32. The van der Waals surface area contributed by atoms with Crippen molar-refractivity contribution in [2.75, 3.05) is 19.0 Å². The molecule has 0 bridgehead atoms. The number of ether oxygens (including phenoxy) is 1. The van der Waals surface area contributed by atoms with Gasteiger partial charge in [0.2, 0.25) is 5.91 Å². The summed E-state index contributed by atoms with van der Waals surface area (Å²) in [6.07, 6.45) is -0.125. The van der Waals surface area contributed by atoms with Gasteiger partial charge in [0.15, 0.2) is 16.4 Å². The highest BCUT2D eigenvalue weighted by Gasteiger charge is 2.30. The largest absolute Gasteiger partial charge is 0.482 e. The molecule has 1 aliphatic heterocycles. The molecule has 2 aromatic carbocycles. The molecule has 3 rings (SSSR count). The second-order valence-electron chi connectivity index (χ2n) is 7.25. The predicted molar refractivity (Wildman–Crippen MR) is 109 cm³/mol. The molecule has 0 spiro atoms. The summed E-state index contributed by atoms with van der Waals surface area (Å²) in [5.41, 5.74) is 1.92. The van der Waals surface area contributed by atoms with Crippen LogP contribution >= 0.6 is 0 Å². The number of sulfone groups is 1. The number of amides is 2. The highest BCUT2D eigenvalue weighted by atomic mass is 32.2. The summed E-state index contributed by atoms with van der Waals surface area (Å²) in [6.45, 7) is 3.45. The predicted octanol–water partition coefficient (Wildman–Crippen LogP) is 2.54. The van der Waals surface area contributed by atoms with E-state index in [1.165, 1.54) is 17.9 Å². The molecule has 7 nitrogen and oxygen atoms in total. The first-order valence-electron chi connectivity index (χ1n) is 9.27. The molecule has 1 N–H and O–H groups in total. The molecule has 0 aromatic heterocycles. The van der Waals surface area contributed by atoms with Crippen LogP contribution in [0.1, 0.15) is 24.5 Å². The first kappa shape index (κ1) is 20.9. The van der Waals surface area contributed by atoms with Gasteiger partial charge >= 0.3 is 0 Å². The van der Waals surface area contributed by atoms with Gasteiger partial charge in [-0.3, -0.25) is 9.59 Å². The van der Waals surface area contributed by atoms with E-state index in [-0.39, 0.29) is 29.7 Å². The van der Waals surface area contributed by atoms with Gasteiger partial charge in [-0.15, -0.1) is 0 Å². The van der Waals surface area contributed by atoms with Gasteiger partial charge in [-0.1, -0.05) is 30.3 Å². The van der Waals surface area contributed by atoms with E-state index < -0.39 is 15.1 Å². The van der Waals surface area contributed by atoms with Gasteiger partial charge < -0.3 is 15.0 Å². The summed E-state index contributed by atoms with van der Waals surface area (Å²) in [4.78, 5) is 25.7. The highest BCUT2D eigenvalue weighted by molar-refractivity contribution is 7.92. The molecule has 0 fully saturated rings. The molecule has 29 heavy (non-hydrogen) atoms. The quantitative estimate of drug-likeness (QED) is 0.781. The van der Waals surface area contributed by atoms with Crippen LogP contribution in [0.5, 0.6) is 5.75 Å². The number of carbonyl (C=O) groups excluding carboxylic acids is 2. The number of nitrogens with zero attached hydrogens (tertiary/aromatic N) is 1. The summed E-state index contributed by atoms with van der Waals surface area (Å²) in [6, 6.07) is 12.5. The lowest BCUT2D eigenvalue weighted by atomic mass is 10.2. The Morgan fingerprint density at radius 2 is 1.93 bits per heavy atom. The Hall–Kier alpha value is -2.87. The molecule has 8 heteroatoms. The summed E-state index contributed by atoms with van der Waals surface area (Å²) < 4.78 is 31.6. The maximum Gasteiger partial charge on any atom is 0.262 e. The van der Waals surface area contributed by atoms with Crippen molar-refractivity contribution in [2.45, 2.75) is 37.0 Å². The van der Waals surface area contributed by atoms with Crippen LogP contribution in [0.25, 0.3) is 0 Å². The van der Waals surface area contributed by atoms with E-state index in [1.807, 2.05) is 30.3 Å². The van der Waals surface area contributed by atoms with Crippen LogP contribution in [0.3, 0.4) is 0 Å². The van der Waals surface area contributed by atoms with Crippen LogP contribution in [0.15, 0.2) is 47.4 Å². The average molecular weight is 416 g/mol. The fraction of sp³-hybridized carbons (Fsp3) is 0.333. The van der Waals surface area contributed by atoms with Crippen LogP contribution in [-0.4, -0.2) is 44.0 Å². The summed E-state index contributed by atoms with van der Waals surface area (Å²) in [5.74, 6) is -0.217. The summed E-state index contributed by atoms with van der Waals surface area (Å²) >= 11 is 0. The molecule has 1 unspecified atom stereocenters. The summed E-state index contributed by atoms with van der Waals surface area (Å²) in [7, 11) is -2.10. The van der Waals surface area contributed by atoms with Crippen molar-refractivity contribution >= 4 is 27.3 Å². The molecule has 0 saturated carbocycles. The van der Waals surface area contributed by atoms with Crippen LogP contribution in [0.4, 0.5) is 5.69 Å². The van der Waals surface area contributed by atoms with Crippen LogP contribution in [-0.2, 0) is 26.0 Å². The minimum absolute atomic E-state index is 0.110. The normalized spacial score (nSPS) is 14.4. The Balaban J connectivity index is 1.75. The van der Waals surface area contributed by atoms with Crippen LogP contribution in [0.2, 0.25) is 0 Å². The van der Waals surface area contributed by atoms with E-state index in [4.69, 9.17) is 4.74 Å². The molecule has 0 aliphatic carbocycles. The van der Waals surface area contributed by atoms with E-state index in [2.05, 4.69) is 5.32 Å². The number of rotatable bonds is 6. The number of aryl methyl sites for hydroxylation is 1. The minimum Gasteiger partial charge on any atom is -0.482 e. The van der Waals surface area contributed by atoms with Crippen LogP contribution < -0.4 is 10.1 Å². The van der Waals surface area contributed by atoms with Gasteiger partial charge in [-0.05, 0) is 31.0 Å². The lowest BCUT2D eigenvalue weighted by molar-refractivity contribution is -0.130. The number of fused-ring (bicyclic) bond motifs is 1. The molecule has 154 valence electrons. The number of carbonyl (C=O) groups is 2. The van der Waals surface area contributed by atoms with E-state index in [0.717, 1.165) is 5.56 Å². The Labute approximate surface area is 170 Å². The van der Waals surface area contributed by atoms with Crippen molar-refractivity contribution in [1.82, 2.24) is 4.90 Å². The topological polar surface area (TPSA) is 92.8 Å². The molecule has 1 aliphatic rings. The fourth-order valence-corrected chi connectivity index (χ4v) is 4.77. The number of anilines is 1. The second kappa shape index (κ2) is 8.24. The molecule has 0 radical (unpaired) electrons. The fourth-order valence-electron chi connectivity index (χ4n) is 3.20. The zero-order chi connectivity index (χ0) is 21.2. The zero-order valence-electron chi connectivity index (χ0n) is 16.6. The van der Waals surface area contributed by atoms with Gasteiger partial charge in [0.05, 0.1) is 15.8 Å². The molecule has 1 heterocycles. The van der Waals surface area contributed by atoms with Crippen molar-refractivity contribution in [3.63, 3.8) is 0 Å². The molecule has 0 saturated heterocycles. The van der Waals surface area contributed by atoms with Gasteiger partial charge in [0.25, 0.3) is 5.91 Å². The Morgan fingerprint density at radius 3 is 2.62 bits per heavy atom. The second-order valence-corrected chi connectivity index (χ2v) is 9.58. The van der Waals surface area contributed by atoms with E-state index >= 15 is 0 Å². The lowest BCUT2D eigenvalue weighted by Gasteiger charge is -2.22. The third-order valence-electron chi connectivity index (χ3n) is 4.90. The average Bonchev–Trinajstić information content (AvgIpc) is 2.67. The van der Waals surface area contributed by atoms with Crippen molar-refractivity contribution in [2.24, 2.45) is 0 Å². The molecule has 1 atom stereocenters. The monoisotopic (exact) mass is 416 g/mol. The molecular weight excluding hydrogens is 392 g/mol. The molecule has 2 amide bonds. The Morgan fingerprint density at radius 1 is 1.24 bits per heavy atom. The number of nitrogens with one attached hydrogen (secondary N) is 1.